The van der Waals surface area contributed by atoms with E-state index >= 15 is 0 Å². The molecule has 2 amide bonds. The highest BCUT2D eigenvalue weighted by molar-refractivity contribution is 5.81. The van der Waals surface area contributed by atoms with Crippen LogP contribution < -0.4 is 5.32 Å². The summed E-state index contributed by atoms with van der Waals surface area (Å²) in [6, 6.07) is 0.280. The highest BCUT2D eigenvalue weighted by Crippen LogP contribution is 2.25. The summed E-state index contributed by atoms with van der Waals surface area (Å²) in [5.41, 5.74) is 0. The van der Waals surface area contributed by atoms with Gasteiger partial charge in [-0.1, -0.05) is 6.92 Å². The molecule has 3 heterocycles. The Hall–Kier alpha value is -1.10. The van der Waals surface area contributed by atoms with Gasteiger partial charge in [-0.15, -0.1) is 0 Å². The monoisotopic (exact) mass is 251 g/mol. The van der Waals surface area contributed by atoms with Crippen LogP contribution >= 0.6 is 0 Å². The van der Waals surface area contributed by atoms with Gasteiger partial charge in [-0.25, -0.2) is 0 Å². The van der Waals surface area contributed by atoms with E-state index in [2.05, 4.69) is 5.32 Å². The highest BCUT2D eigenvalue weighted by Gasteiger charge is 2.39. The van der Waals surface area contributed by atoms with Crippen LogP contribution in [0.2, 0.25) is 0 Å². The second kappa shape index (κ2) is 4.53. The third-order valence-corrected chi connectivity index (χ3v) is 4.72. The van der Waals surface area contributed by atoms with E-state index in [9.17, 15) is 9.59 Å². The fraction of sp³-hybridized carbons (Fsp3) is 0.846. The van der Waals surface area contributed by atoms with E-state index in [1.165, 1.54) is 0 Å². The minimum atomic E-state index is 0.120. The Morgan fingerprint density at radius 3 is 2.83 bits per heavy atom. The Labute approximate surface area is 107 Å². The molecule has 0 bridgehead atoms. The van der Waals surface area contributed by atoms with Crippen molar-refractivity contribution in [3.8, 4) is 0 Å². The number of amides is 2. The lowest BCUT2D eigenvalue weighted by molar-refractivity contribution is -0.143. The zero-order valence-corrected chi connectivity index (χ0v) is 10.9. The number of rotatable bonds is 2. The number of nitrogens with one attached hydrogen (secondary N) is 1. The summed E-state index contributed by atoms with van der Waals surface area (Å²) < 4.78 is 0. The molecule has 0 aromatic heterocycles. The van der Waals surface area contributed by atoms with Crippen LogP contribution in [-0.2, 0) is 9.59 Å². The van der Waals surface area contributed by atoms with Gasteiger partial charge in [0.2, 0.25) is 11.8 Å². The molecule has 5 nitrogen and oxygen atoms in total. The minimum Gasteiger partial charge on any atom is -0.339 e. The molecule has 5 heteroatoms. The van der Waals surface area contributed by atoms with Crippen LogP contribution in [0.1, 0.15) is 19.8 Å². The third kappa shape index (κ3) is 1.90. The van der Waals surface area contributed by atoms with Gasteiger partial charge >= 0.3 is 0 Å². The van der Waals surface area contributed by atoms with E-state index in [1.807, 2.05) is 16.7 Å². The van der Waals surface area contributed by atoms with Crippen LogP contribution in [0.5, 0.6) is 0 Å². The number of carbonyl (C=O) groups is 2. The summed E-state index contributed by atoms with van der Waals surface area (Å²) in [6.07, 6.45) is 1.58. The van der Waals surface area contributed by atoms with Crippen molar-refractivity contribution in [1.29, 1.82) is 0 Å². The average Bonchev–Trinajstić information content (AvgIpc) is 2.67. The van der Waals surface area contributed by atoms with Gasteiger partial charge in [-0.2, -0.15) is 0 Å². The van der Waals surface area contributed by atoms with Crippen LogP contribution in [0, 0.1) is 11.8 Å². The van der Waals surface area contributed by atoms with Crippen molar-refractivity contribution in [2.24, 2.45) is 11.8 Å². The maximum atomic E-state index is 12.4. The third-order valence-electron chi connectivity index (χ3n) is 4.72. The van der Waals surface area contributed by atoms with Crippen LogP contribution in [0.3, 0.4) is 0 Å². The van der Waals surface area contributed by atoms with Crippen molar-refractivity contribution < 1.29 is 9.59 Å². The van der Waals surface area contributed by atoms with Gasteiger partial charge in [-0.05, 0) is 25.4 Å². The number of hydrogen-bond donors (Lipinski definition) is 1. The second-order valence-electron chi connectivity index (χ2n) is 5.77. The minimum absolute atomic E-state index is 0.120. The molecular formula is C13H21N3O2. The molecule has 2 atom stereocenters. The SMILES string of the molecule is CC(C(=O)N1CCN2C(=O)CCC2C1)C1CNC1. The standard InChI is InChI=1S/C13H21N3O2/c1-9(10-6-14-7-10)13(18)15-4-5-16-11(8-15)2-3-12(16)17/h9-11,14H,2-8H2,1H3. The molecule has 2 unspecified atom stereocenters. The lowest BCUT2D eigenvalue weighted by Gasteiger charge is -2.41. The first-order valence-electron chi connectivity index (χ1n) is 6.96. The van der Waals surface area contributed by atoms with Gasteiger partial charge in [0.1, 0.15) is 0 Å². The Morgan fingerprint density at radius 2 is 2.17 bits per heavy atom. The molecule has 3 saturated heterocycles. The van der Waals surface area contributed by atoms with Crippen molar-refractivity contribution in [3.63, 3.8) is 0 Å². The fourth-order valence-corrected chi connectivity index (χ4v) is 3.22. The predicted octanol–water partition coefficient (Wildman–Crippen LogP) is -0.325. The molecule has 0 aromatic rings. The van der Waals surface area contributed by atoms with Crippen molar-refractivity contribution in [2.45, 2.75) is 25.8 Å². The first-order valence-corrected chi connectivity index (χ1v) is 6.96. The summed E-state index contributed by atoms with van der Waals surface area (Å²) in [6.45, 7) is 6.16. The lowest BCUT2D eigenvalue weighted by Crippen LogP contribution is -2.56. The van der Waals surface area contributed by atoms with Crippen LogP contribution in [0.4, 0.5) is 0 Å². The molecule has 0 aliphatic carbocycles. The van der Waals surface area contributed by atoms with E-state index in [1.54, 1.807) is 0 Å². The molecule has 3 aliphatic heterocycles. The Morgan fingerprint density at radius 1 is 1.39 bits per heavy atom. The van der Waals surface area contributed by atoms with Crippen molar-refractivity contribution in [1.82, 2.24) is 15.1 Å². The molecule has 1 N–H and O–H groups in total. The topological polar surface area (TPSA) is 52.7 Å². The molecule has 3 rings (SSSR count). The Balaban J connectivity index is 1.60. The normalized spacial score (nSPS) is 30.1. The second-order valence-corrected chi connectivity index (χ2v) is 5.77. The van der Waals surface area contributed by atoms with Gasteiger partial charge in [0, 0.05) is 38.0 Å². The predicted molar refractivity (Wildman–Crippen MR) is 66.8 cm³/mol. The molecular weight excluding hydrogens is 230 g/mol. The van der Waals surface area contributed by atoms with Crippen molar-refractivity contribution >= 4 is 11.8 Å². The van der Waals surface area contributed by atoms with Crippen molar-refractivity contribution in [3.05, 3.63) is 0 Å². The first-order chi connectivity index (χ1) is 8.66. The number of hydrogen-bond acceptors (Lipinski definition) is 3. The van der Waals surface area contributed by atoms with Crippen molar-refractivity contribution in [2.75, 3.05) is 32.7 Å². The average molecular weight is 251 g/mol. The van der Waals surface area contributed by atoms with Gasteiger partial charge in [0.05, 0.1) is 0 Å². The van der Waals surface area contributed by atoms with Crippen LogP contribution in [0.25, 0.3) is 0 Å². The first kappa shape index (κ1) is 12.0. The van der Waals surface area contributed by atoms with E-state index in [4.69, 9.17) is 0 Å². The zero-order chi connectivity index (χ0) is 12.7. The van der Waals surface area contributed by atoms with E-state index < -0.39 is 0 Å². The van der Waals surface area contributed by atoms with Gasteiger partial charge in [0.25, 0.3) is 0 Å². The Bertz CT molecular complexity index is 367. The van der Waals surface area contributed by atoms with Gasteiger partial charge in [0.15, 0.2) is 0 Å². The zero-order valence-electron chi connectivity index (χ0n) is 10.9. The molecule has 0 aromatic carbocycles. The van der Waals surface area contributed by atoms with Gasteiger partial charge in [-0.3, -0.25) is 9.59 Å². The van der Waals surface area contributed by atoms with E-state index in [0.29, 0.717) is 18.9 Å². The van der Waals surface area contributed by atoms with E-state index in [0.717, 1.165) is 32.6 Å². The molecule has 18 heavy (non-hydrogen) atoms. The summed E-state index contributed by atoms with van der Waals surface area (Å²) in [7, 11) is 0. The molecule has 3 fully saturated rings. The number of nitrogens with zero attached hydrogens (tertiary/aromatic N) is 2. The molecule has 0 saturated carbocycles. The lowest BCUT2D eigenvalue weighted by atomic mass is 9.87. The summed E-state index contributed by atoms with van der Waals surface area (Å²) in [5, 5.41) is 3.22. The number of fused-ring (bicyclic) bond motifs is 1. The summed E-state index contributed by atoms with van der Waals surface area (Å²) >= 11 is 0. The smallest absolute Gasteiger partial charge is 0.225 e. The largest absolute Gasteiger partial charge is 0.339 e. The molecule has 0 spiro atoms. The number of piperazine rings is 1. The molecule has 100 valence electrons. The van der Waals surface area contributed by atoms with E-state index in [-0.39, 0.29) is 23.8 Å². The summed E-state index contributed by atoms with van der Waals surface area (Å²) in [5.74, 6) is 1.17. The molecule has 3 aliphatic rings. The molecule has 0 radical (unpaired) electrons. The maximum Gasteiger partial charge on any atom is 0.225 e. The maximum absolute atomic E-state index is 12.4. The summed E-state index contributed by atoms with van der Waals surface area (Å²) in [4.78, 5) is 27.9. The quantitative estimate of drug-likeness (QED) is 0.731. The highest BCUT2D eigenvalue weighted by atomic mass is 16.2. The number of carbonyl (C=O) groups excluding carboxylic acids is 2. The van der Waals surface area contributed by atoms with Crippen LogP contribution in [0.15, 0.2) is 0 Å². The van der Waals surface area contributed by atoms with Gasteiger partial charge < -0.3 is 15.1 Å². The fourth-order valence-electron chi connectivity index (χ4n) is 3.22. The Kier molecular flexibility index (Phi) is 3.01. The van der Waals surface area contributed by atoms with Crippen LogP contribution in [-0.4, -0.2) is 60.4 Å².